The molecule has 1 unspecified atom stereocenters. The SMILES string of the molecule is CC.CC(S)S(=O)(=O)O. The topological polar surface area (TPSA) is 54.4 Å². The van der Waals surface area contributed by atoms with Crippen molar-refractivity contribution < 1.29 is 13.0 Å². The van der Waals surface area contributed by atoms with Crippen LogP contribution in [0.3, 0.4) is 0 Å². The van der Waals surface area contributed by atoms with Crippen LogP contribution in [0.1, 0.15) is 20.8 Å². The maximum absolute atomic E-state index is 9.81. The third-order valence-corrected chi connectivity index (χ3v) is 2.09. The third kappa shape index (κ3) is 8.26. The van der Waals surface area contributed by atoms with Crippen LogP contribution in [0.4, 0.5) is 0 Å². The molecular weight excluding hydrogens is 160 g/mol. The highest BCUT2D eigenvalue weighted by Crippen LogP contribution is 1.99. The molecule has 0 saturated carbocycles. The zero-order chi connectivity index (χ0) is 8.08. The molecular formula is C4H12O3S2. The van der Waals surface area contributed by atoms with Gasteiger partial charge in [-0.15, -0.1) is 0 Å². The van der Waals surface area contributed by atoms with Crippen molar-refractivity contribution in [2.45, 2.75) is 25.4 Å². The van der Waals surface area contributed by atoms with E-state index in [0.29, 0.717) is 0 Å². The average molecular weight is 172 g/mol. The molecule has 58 valence electrons. The van der Waals surface area contributed by atoms with Gasteiger partial charge in [0.15, 0.2) is 0 Å². The summed E-state index contributed by atoms with van der Waals surface area (Å²) in [6.07, 6.45) is 0. The second kappa shape index (κ2) is 5.08. The van der Waals surface area contributed by atoms with E-state index >= 15 is 0 Å². The van der Waals surface area contributed by atoms with Gasteiger partial charge in [-0.3, -0.25) is 4.55 Å². The lowest BCUT2D eigenvalue weighted by Gasteiger charge is -1.93. The molecule has 1 atom stereocenters. The average Bonchev–Trinajstić information content (AvgIpc) is 1.69. The van der Waals surface area contributed by atoms with Crippen LogP contribution in [0.25, 0.3) is 0 Å². The van der Waals surface area contributed by atoms with Crippen LogP contribution in [-0.4, -0.2) is 17.6 Å². The molecule has 0 rings (SSSR count). The summed E-state index contributed by atoms with van der Waals surface area (Å²) in [5.74, 6) is 0. The van der Waals surface area contributed by atoms with Crippen molar-refractivity contribution in [2.24, 2.45) is 0 Å². The minimum Gasteiger partial charge on any atom is -0.285 e. The summed E-state index contributed by atoms with van der Waals surface area (Å²) in [6, 6.07) is 0. The van der Waals surface area contributed by atoms with Crippen LogP contribution in [0.2, 0.25) is 0 Å². The van der Waals surface area contributed by atoms with E-state index in [2.05, 4.69) is 12.6 Å². The van der Waals surface area contributed by atoms with E-state index in [4.69, 9.17) is 4.55 Å². The fraction of sp³-hybridized carbons (Fsp3) is 1.00. The molecule has 0 fully saturated rings. The van der Waals surface area contributed by atoms with Crippen molar-refractivity contribution in [1.82, 2.24) is 0 Å². The zero-order valence-corrected chi connectivity index (χ0v) is 7.41. The van der Waals surface area contributed by atoms with E-state index in [9.17, 15) is 8.42 Å². The van der Waals surface area contributed by atoms with E-state index in [1.807, 2.05) is 13.8 Å². The van der Waals surface area contributed by atoms with Gasteiger partial charge in [-0.2, -0.15) is 21.0 Å². The number of hydrogen-bond donors (Lipinski definition) is 2. The molecule has 5 heteroatoms. The first kappa shape index (κ1) is 12.0. The smallest absolute Gasteiger partial charge is 0.276 e. The molecule has 0 aliphatic heterocycles. The van der Waals surface area contributed by atoms with Gasteiger partial charge < -0.3 is 0 Å². The van der Waals surface area contributed by atoms with Gasteiger partial charge in [0.25, 0.3) is 10.1 Å². The summed E-state index contributed by atoms with van der Waals surface area (Å²) in [5, 5.41) is 0. The molecule has 0 aromatic heterocycles. The van der Waals surface area contributed by atoms with Gasteiger partial charge >= 0.3 is 0 Å². The van der Waals surface area contributed by atoms with Crippen molar-refractivity contribution in [1.29, 1.82) is 0 Å². The van der Waals surface area contributed by atoms with Gasteiger partial charge in [0.1, 0.15) is 4.58 Å². The molecule has 0 aliphatic rings. The summed E-state index contributed by atoms with van der Waals surface area (Å²) in [4.78, 5) is 0. The van der Waals surface area contributed by atoms with Gasteiger partial charge in [0.2, 0.25) is 0 Å². The van der Waals surface area contributed by atoms with Gasteiger partial charge in [-0.1, -0.05) is 13.8 Å². The Morgan fingerprint density at radius 1 is 1.44 bits per heavy atom. The van der Waals surface area contributed by atoms with Crippen LogP contribution >= 0.6 is 12.6 Å². The van der Waals surface area contributed by atoms with E-state index in [1.165, 1.54) is 6.92 Å². The van der Waals surface area contributed by atoms with Gasteiger partial charge in [0.05, 0.1) is 0 Å². The van der Waals surface area contributed by atoms with Gasteiger partial charge in [-0.25, -0.2) is 0 Å². The summed E-state index contributed by atoms with van der Waals surface area (Å²) in [5.41, 5.74) is 0. The van der Waals surface area contributed by atoms with Crippen molar-refractivity contribution in [3.63, 3.8) is 0 Å². The lowest BCUT2D eigenvalue weighted by Crippen LogP contribution is -2.08. The lowest BCUT2D eigenvalue weighted by atomic mass is 11.0. The summed E-state index contributed by atoms with van der Waals surface area (Å²) in [6.45, 7) is 5.28. The van der Waals surface area contributed by atoms with E-state index in [1.54, 1.807) is 0 Å². The highest BCUT2D eigenvalue weighted by atomic mass is 32.3. The summed E-state index contributed by atoms with van der Waals surface area (Å²) in [7, 11) is -3.88. The zero-order valence-electron chi connectivity index (χ0n) is 5.70. The highest BCUT2D eigenvalue weighted by Gasteiger charge is 2.09. The van der Waals surface area contributed by atoms with Crippen molar-refractivity contribution in [3.05, 3.63) is 0 Å². The second-order valence-corrected chi connectivity index (χ2v) is 3.98. The normalized spacial score (nSPS) is 13.4. The molecule has 0 spiro atoms. The molecule has 0 aromatic carbocycles. The maximum atomic E-state index is 9.81. The Bertz CT molecular complexity index is 136. The van der Waals surface area contributed by atoms with E-state index in [-0.39, 0.29) is 0 Å². The Hall–Kier alpha value is 0.260. The highest BCUT2D eigenvalue weighted by molar-refractivity contribution is 8.01. The quantitative estimate of drug-likeness (QED) is 0.461. The monoisotopic (exact) mass is 172 g/mol. The predicted molar refractivity (Wildman–Crippen MR) is 41.3 cm³/mol. The Kier molecular flexibility index (Phi) is 6.76. The predicted octanol–water partition coefficient (Wildman–Crippen LogP) is 1.18. The molecule has 3 nitrogen and oxygen atoms in total. The minimum atomic E-state index is -3.88. The molecule has 0 heterocycles. The molecule has 0 aromatic rings. The molecule has 9 heavy (non-hydrogen) atoms. The summed E-state index contributed by atoms with van der Waals surface area (Å²) < 4.78 is 26.6. The number of thiol groups is 1. The molecule has 0 saturated heterocycles. The van der Waals surface area contributed by atoms with Crippen molar-refractivity contribution >= 4 is 22.7 Å². The van der Waals surface area contributed by atoms with Crippen LogP contribution in [0.5, 0.6) is 0 Å². The summed E-state index contributed by atoms with van der Waals surface area (Å²) >= 11 is 3.44. The second-order valence-electron chi connectivity index (χ2n) is 1.11. The van der Waals surface area contributed by atoms with Crippen LogP contribution in [0.15, 0.2) is 0 Å². The van der Waals surface area contributed by atoms with Gasteiger partial charge in [0, 0.05) is 0 Å². The molecule has 0 radical (unpaired) electrons. The van der Waals surface area contributed by atoms with Crippen molar-refractivity contribution in [3.8, 4) is 0 Å². The fourth-order valence-corrected chi connectivity index (χ4v) is 0. The van der Waals surface area contributed by atoms with Crippen LogP contribution in [0, 0.1) is 0 Å². The first-order chi connectivity index (χ1) is 3.94. The Morgan fingerprint density at radius 2 is 1.56 bits per heavy atom. The lowest BCUT2D eigenvalue weighted by molar-refractivity contribution is 0.482. The van der Waals surface area contributed by atoms with E-state index < -0.39 is 14.7 Å². The number of hydrogen-bond acceptors (Lipinski definition) is 3. The Morgan fingerprint density at radius 3 is 1.56 bits per heavy atom. The maximum Gasteiger partial charge on any atom is 0.276 e. The molecule has 1 N–H and O–H groups in total. The van der Waals surface area contributed by atoms with Gasteiger partial charge in [-0.05, 0) is 6.92 Å². The fourth-order valence-electron chi connectivity index (χ4n) is 0. The largest absolute Gasteiger partial charge is 0.285 e. The standard InChI is InChI=1S/C2H6O3S2.C2H6/c1-2(6)7(3,4)5;1-2/h2,6H,1H3,(H,3,4,5);1-2H3. The van der Waals surface area contributed by atoms with Crippen LogP contribution < -0.4 is 0 Å². The van der Waals surface area contributed by atoms with Crippen LogP contribution in [-0.2, 0) is 10.1 Å². The minimum absolute atomic E-state index is 0.979. The molecule has 0 aliphatic carbocycles. The third-order valence-electron chi connectivity index (χ3n) is 0.431. The Balaban J connectivity index is 0. The Labute approximate surface area is 61.6 Å². The van der Waals surface area contributed by atoms with E-state index in [0.717, 1.165) is 0 Å². The molecule has 0 amide bonds. The van der Waals surface area contributed by atoms with Crippen molar-refractivity contribution in [2.75, 3.05) is 0 Å². The number of rotatable bonds is 1. The molecule has 0 bridgehead atoms. The first-order valence-corrected chi connectivity index (χ1v) is 4.61. The first-order valence-electron chi connectivity index (χ1n) is 2.59.